The molecule has 1 unspecified atom stereocenters. The lowest BCUT2D eigenvalue weighted by Crippen LogP contribution is -2.43. The molecule has 24 heavy (non-hydrogen) atoms. The van der Waals surface area contributed by atoms with Crippen molar-refractivity contribution in [1.82, 2.24) is 4.90 Å². The fourth-order valence-corrected chi connectivity index (χ4v) is 2.55. The number of ether oxygens (including phenoxy) is 1. The number of esters is 1. The van der Waals surface area contributed by atoms with E-state index in [1.807, 2.05) is 0 Å². The normalized spacial score (nSPS) is 14.5. The topological polar surface area (TPSA) is 63.7 Å². The summed E-state index contributed by atoms with van der Waals surface area (Å²) in [4.78, 5) is 37.7. The van der Waals surface area contributed by atoms with Gasteiger partial charge in [0.05, 0.1) is 11.1 Å². The van der Waals surface area contributed by atoms with Crippen molar-refractivity contribution in [1.29, 1.82) is 0 Å². The molecule has 3 rings (SSSR count). The second-order valence-electron chi connectivity index (χ2n) is 5.40. The Balaban J connectivity index is 1.72. The molecule has 1 aliphatic heterocycles. The van der Waals surface area contributed by atoms with Crippen molar-refractivity contribution in [2.45, 2.75) is 19.6 Å². The number of nitrogens with zero attached hydrogens (tertiary/aromatic N) is 1. The molecule has 2 aromatic rings. The largest absolute Gasteiger partial charge is 0.459 e. The maximum Gasteiger partial charge on any atom is 0.329 e. The highest BCUT2D eigenvalue weighted by Gasteiger charge is 2.41. The molecule has 2 amide bonds. The summed E-state index contributed by atoms with van der Waals surface area (Å²) in [5.74, 6) is -2.33. The van der Waals surface area contributed by atoms with E-state index in [0.29, 0.717) is 0 Å². The molecule has 1 aliphatic rings. The van der Waals surface area contributed by atoms with Crippen molar-refractivity contribution in [3.05, 3.63) is 71.0 Å². The summed E-state index contributed by atoms with van der Waals surface area (Å²) in [6.45, 7) is 1.14. The smallest absolute Gasteiger partial charge is 0.329 e. The minimum atomic E-state index is -1.09. The van der Waals surface area contributed by atoms with E-state index in [-0.39, 0.29) is 23.3 Å². The molecule has 0 spiro atoms. The molecule has 0 aromatic heterocycles. The predicted octanol–water partition coefficient (Wildman–Crippen LogP) is 2.55. The predicted molar refractivity (Wildman–Crippen MR) is 82.6 cm³/mol. The zero-order valence-corrected chi connectivity index (χ0v) is 12.9. The standard InChI is InChI=1S/C18H14FNO4/c1-11(18(23)24-10-12-6-2-5-9-15(12)19)20-16(21)13-7-3-4-8-14(13)17(20)22/h2-9,11H,10H2,1H3. The van der Waals surface area contributed by atoms with Crippen LogP contribution in [-0.4, -0.2) is 28.7 Å². The van der Waals surface area contributed by atoms with E-state index in [1.165, 1.54) is 37.3 Å². The van der Waals surface area contributed by atoms with Crippen molar-refractivity contribution in [3.8, 4) is 0 Å². The van der Waals surface area contributed by atoms with Crippen molar-refractivity contribution < 1.29 is 23.5 Å². The molecule has 0 fully saturated rings. The molecule has 0 saturated heterocycles. The fourth-order valence-electron chi connectivity index (χ4n) is 2.55. The Morgan fingerprint density at radius 1 is 1.04 bits per heavy atom. The van der Waals surface area contributed by atoms with Gasteiger partial charge in [0.25, 0.3) is 11.8 Å². The third-order valence-corrected chi connectivity index (χ3v) is 3.88. The van der Waals surface area contributed by atoms with E-state index in [4.69, 9.17) is 4.74 Å². The van der Waals surface area contributed by atoms with Crippen LogP contribution in [-0.2, 0) is 16.1 Å². The Kier molecular flexibility index (Phi) is 4.12. The van der Waals surface area contributed by atoms with Gasteiger partial charge in [-0.15, -0.1) is 0 Å². The Hall–Kier alpha value is -3.02. The van der Waals surface area contributed by atoms with E-state index in [1.54, 1.807) is 18.2 Å². The summed E-state index contributed by atoms with van der Waals surface area (Å²) < 4.78 is 18.6. The van der Waals surface area contributed by atoms with Crippen molar-refractivity contribution in [3.63, 3.8) is 0 Å². The molecule has 122 valence electrons. The molecule has 0 N–H and O–H groups in total. The highest BCUT2D eigenvalue weighted by molar-refractivity contribution is 6.22. The number of imide groups is 1. The van der Waals surface area contributed by atoms with Gasteiger partial charge in [0, 0.05) is 5.56 Å². The lowest BCUT2D eigenvalue weighted by molar-refractivity contribution is -0.149. The number of hydrogen-bond donors (Lipinski definition) is 0. The van der Waals surface area contributed by atoms with Crippen LogP contribution in [0.1, 0.15) is 33.2 Å². The SMILES string of the molecule is CC(C(=O)OCc1ccccc1F)N1C(=O)c2ccccc2C1=O. The zero-order chi connectivity index (χ0) is 17.3. The van der Waals surface area contributed by atoms with Crippen LogP contribution in [0.15, 0.2) is 48.5 Å². The second-order valence-corrected chi connectivity index (χ2v) is 5.40. The van der Waals surface area contributed by atoms with Gasteiger partial charge in [-0.05, 0) is 25.1 Å². The summed E-state index contributed by atoms with van der Waals surface area (Å²) in [6, 6.07) is 11.2. The van der Waals surface area contributed by atoms with Gasteiger partial charge in [-0.2, -0.15) is 0 Å². The van der Waals surface area contributed by atoms with E-state index in [0.717, 1.165) is 4.90 Å². The summed E-state index contributed by atoms with van der Waals surface area (Å²) in [5, 5.41) is 0. The first-order valence-electron chi connectivity index (χ1n) is 7.37. The first kappa shape index (κ1) is 15.9. The van der Waals surface area contributed by atoms with Gasteiger partial charge in [-0.1, -0.05) is 30.3 Å². The minimum Gasteiger partial charge on any atom is -0.459 e. The second kappa shape index (κ2) is 6.23. The maximum absolute atomic E-state index is 13.5. The van der Waals surface area contributed by atoms with E-state index < -0.39 is 29.6 Å². The van der Waals surface area contributed by atoms with Crippen LogP contribution < -0.4 is 0 Å². The molecule has 0 bridgehead atoms. The van der Waals surface area contributed by atoms with Gasteiger partial charge in [0.15, 0.2) is 0 Å². The first-order valence-corrected chi connectivity index (χ1v) is 7.37. The Morgan fingerprint density at radius 2 is 1.58 bits per heavy atom. The minimum absolute atomic E-state index is 0.223. The van der Waals surface area contributed by atoms with Gasteiger partial charge >= 0.3 is 5.97 Å². The quantitative estimate of drug-likeness (QED) is 0.639. The van der Waals surface area contributed by atoms with E-state index in [9.17, 15) is 18.8 Å². The number of carbonyl (C=O) groups excluding carboxylic acids is 3. The number of benzene rings is 2. The molecule has 1 atom stereocenters. The highest BCUT2D eigenvalue weighted by Crippen LogP contribution is 2.25. The molecular weight excluding hydrogens is 313 g/mol. The summed E-state index contributed by atoms with van der Waals surface area (Å²) in [6.07, 6.45) is 0. The highest BCUT2D eigenvalue weighted by atomic mass is 19.1. The number of fused-ring (bicyclic) bond motifs is 1. The van der Waals surface area contributed by atoms with Crippen LogP contribution in [0.3, 0.4) is 0 Å². The number of halogens is 1. The third kappa shape index (κ3) is 2.67. The Morgan fingerprint density at radius 3 is 2.17 bits per heavy atom. The van der Waals surface area contributed by atoms with Crippen LogP contribution >= 0.6 is 0 Å². The van der Waals surface area contributed by atoms with Gasteiger partial charge in [0.1, 0.15) is 18.5 Å². The monoisotopic (exact) mass is 327 g/mol. The molecule has 5 nitrogen and oxygen atoms in total. The van der Waals surface area contributed by atoms with Crippen molar-refractivity contribution in [2.75, 3.05) is 0 Å². The lowest BCUT2D eigenvalue weighted by atomic mass is 10.1. The number of hydrogen-bond acceptors (Lipinski definition) is 4. The van der Waals surface area contributed by atoms with Crippen LogP contribution in [0.5, 0.6) is 0 Å². The number of carbonyl (C=O) groups is 3. The van der Waals surface area contributed by atoms with Gasteiger partial charge in [0.2, 0.25) is 0 Å². The van der Waals surface area contributed by atoms with Crippen LogP contribution in [0, 0.1) is 5.82 Å². The molecule has 0 radical (unpaired) electrons. The van der Waals surface area contributed by atoms with Gasteiger partial charge < -0.3 is 4.74 Å². The number of amides is 2. The van der Waals surface area contributed by atoms with Gasteiger partial charge in [-0.25, -0.2) is 9.18 Å². The molecular formula is C18H14FNO4. The Bertz CT molecular complexity index is 798. The fraction of sp³-hybridized carbons (Fsp3) is 0.167. The Labute approximate surface area is 137 Å². The molecule has 0 aliphatic carbocycles. The van der Waals surface area contributed by atoms with Crippen LogP contribution in [0.2, 0.25) is 0 Å². The average Bonchev–Trinajstić information content (AvgIpc) is 2.85. The third-order valence-electron chi connectivity index (χ3n) is 3.88. The van der Waals surface area contributed by atoms with E-state index in [2.05, 4.69) is 0 Å². The average molecular weight is 327 g/mol. The zero-order valence-electron chi connectivity index (χ0n) is 12.9. The summed E-state index contributed by atoms with van der Waals surface area (Å²) in [5.41, 5.74) is 0.743. The van der Waals surface area contributed by atoms with Crippen LogP contribution in [0.4, 0.5) is 4.39 Å². The van der Waals surface area contributed by atoms with E-state index >= 15 is 0 Å². The van der Waals surface area contributed by atoms with Gasteiger partial charge in [-0.3, -0.25) is 14.5 Å². The molecule has 6 heteroatoms. The van der Waals surface area contributed by atoms with Crippen LogP contribution in [0.25, 0.3) is 0 Å². The maximum atomic E-state index is 13.5. The molecule has 0 saturated carbocycles. The lowest BCUT2D eigenvalue weighted by Gasteiger charge is -2.21. The summed E-state index contributed by atoms with van der Waals surface area (Å²) in [7, 11) is 0. The first-order chi connectivity index (χ1) is 11.5. The van der Waals surface area contributed by atoms with Crippen molar-refractivity contribution >= 4 is 17.8 Å². The van der Waals surface area contributed by atoms with Crippen molar-refractivity contribution in [2.24, 2.45) is 0 Å². The number of rotatable bonds is 4. The summed E-state index contributed by atoms with van der Waals surface area (Å²) >= 11 is 0. The molecule has 2 aromatic carbocycles. The molecule has 1 heterocycles.